The number of rotatable bonds is 0. The lowest BCUT2D eigenvalue weighted by Gasteiger charge is -2.74. The van der Waals surface area contributed by atoms with Crippen LogP contribution < -0.4 is 0 Å². The van der Waals surface area contributed by atoms with Crippen molar-refractivity contribution < 1.29 is 10.2 Å². The molecule has 0 heterocycles. The van der Waals surface area contributed by atoms with Crippen LogP contribution in [0.1, 0.15) is 106 Å². The van der Waals surface area contributed by atoms with Crippen molar-refractivity contribution in [1.82, 2.24) is 0 Å². The normalized spacial score (nSPS) is 59.4. The zero-order valence-electron chi connectivity index (χ0n) is 22.0. The van der Waals surface area contributed by atoms with Crippen molar-refractivity contribution in [2.75, 3.05) is 0 Å². The SMILES string of the molecule is C=C1CC[C@@]2(C)C([C@@H]1C)[C@H]1CCC3[C@@]4(C)CC[C@H](O)C(C)(C)[C@@H]4CC[C@@]3(C)[C@]1(C)C[C@@H]2O. The molecule has 0 amide bonds. The fourth-order valence-corrected chi connectivity index (χ4v) is 11.4. The monoisotopic (exact) mass is 442 g/mol. The molecule has 0 bridgehead atoms. The molecular formula is C30H50O2. The van der Waals surface area contributed by atoms with Gasteiger partial charge in [-0.1, -0.05) is 60.6 Å². The van der Waals surface area contributed by atoms with Crippen LogP contribution in [0.4, 0.5) is 0 Å². The minimum absolute atomic E-state index is 0.00631. The quantitative estimate of drug-likeness (QED) is 0.397. The topological polar surface area (TPSA) is 40.5 Å². The highest BCUT2D eigenvalue weighted by Gasteiger charge is 2.71. The Bertz CT molecular complexity index is 801. The highest BCUT2D eigenvalue weighted by molar-refractivity contribution is 5.22. The average Bonchev–Trinajstić information content (AvgIpc) is 2.70. The van der Waals surface area contributed by atoms with Crippen LogP contribution in [0.3, 0.4) is 0 Å². The molecule has 5 fully saturated rings. The van der Waals surface area contributed by atoms with Gasteiger partial charge < -0.3 is 10.2 Å². The summed E-state index contributed by atoms with van der Waals surface area (Å²) in [6, 6.07) is 0. The smallest absolute Gasteiger partial charge is 0.0602 e. The predicted octanol–water partition coefficient (Wildman–Crippen LogP) is 7.00. The molecule has 2 unspecified atom stereocenters. The van der Waals surface area contributed by atoms with Gasteiger partial charge in [0.15, 0.2) is 0 Å². The highest BCUT2D eigenvalue weighted by atomic mass is 16.3. The standard InChI is InChI=1S/C30H50O2/c1-18-11-14-28(6)24(32)17-30(8)20(25(28)19(18)2)9-10-22-27(5)15-13-23(31)26(3,4)21(27)12-16-29(22,30)7/h19-25,31-32H,1,9-17H2,2-8H3/t19-,20-,21+,22?,23+,24+,25?,27+,28-,29-,30-/m1/s1. The Hall–Kier alpha value is -0.340. The number of allylic oxidation sites excluding steroid dienone is 1. The minimum Gasteiger partial charge on any atom is -0.393 e. The first-order valence-corrected chi connectivity index (χ1v) is 13.8. The lowest BCUT2D eigenvalue weighted by molar-refractivity contribution is -0.269. The Labute approximate surface area is 197 Å². The summed E-state index contributed by atoms with van der Waals surface area (Å²) in [4.78, 5) is 0. The lowest BCUT2D eigenvalue weighted by atomic mass is 9.31. The molecule has 0 spiro atoms. The van der Waals surface area contributed by atoms with Gasteiger partial charge in [-0.3, -0.25) is 0 Å². The Balaban J connectivity index is 1.57. The molecule has 0 aliphatic heterocycles. The van der Waals surface area contributed by atoms with Crippen molar-refractivity contribution in [3.05, 3.63) is 12.2 Å². The Morgan fingerprint density at radius 2 is 1.44 bits per heavy atom. The van der Waals surface area contributed by atoms with E-state index in [1.54, 1.807) is 0 Å². The highest BCUT2D eigenvalue weighted by Crippen LogP contribution is 2.76. The molecule has 2 N–H and O–H groups in total. The van der Waals surface area contributed by atoms with Crippen molar-refractivity contribution >= 4 is 0 Å². The predicted molar refractivity (Wildman–Crippen MR) is 132 cm³/mol. The van der Waals surface area contributed by atoms with Crippen LogP contribution in [-0.4, -0.2) is 22.4 Å². The average molecular weight is 443 g/mol. The summed E-state index contributed by atoms with van der Waals surface area (Å²) in [5.74, 6) is 3.06. The molecule has 5 rings (SSSR count). The van der Waals surface area contributed by atoms with Crippen LogP contribution in [0, 0.1) is 56.7 Å². The van der Waals surface area contributed by atoms with Gasteiger partial charge in [-0.25, -0.2) is 0 Å². The molecule has 2 heteroatoms. The summed E-state index contributed by atoms with van der Waals surface area (Å²) in [6.07, 6.45) is 10.1. The van der Waals surface area contributed by atoms with Crippen LogP contribution in [0.15, 0.2) is 12.2 Å². The summed E-state index contributed by atoms with van der Waals surface area (Å²) in [5.41, 5.74) is 2.23. The van der Waals surface area contributed by atoms with Gasteiger partial charge in [-0.15, -0.1) is 0 Å². The molecule has 0 saturated heterocycles. The van der Waals surface area contributed by atoms with Gasteiger partial charge in [0.05, 0.1) is 12.2 Å². The van der Waals surface area contributed by atoms with E-state index in [1.807, 2.05) is 0 Å². The van der Waals surface area contributed by atoms with E-state index in [4.69, 9.17) is 0 Å². The molecule has 32 heavy (non-hydrogen) atoms. The summed E-state index contributed by atoms with van der Waals surface area (Å²) in [6.45, 7) is 21.8. The van der Waals surface area contributed by atoms with Crippen molar-refractivity contribution in [3.8, 4) is 0 Å². The zero-order valence-corrected chi connectivity index (χ0v) is 22.0. The summed E-state index contributed by atoms with van der Waals surface area (Å²) < 4.78 is 0. The largest absolute Gasteiger partial charge is 0.393 e. The maximum absolute atomic E-state index is 11.7. The van der Waals surface area contributed by atoms with Crippen molar-refractivity contribution in [2.45, 2.75) is 118 Å². The molecule has 0 radical (unpaired) electrons. The second-order valence-corrected chi connectivity index (χ2v) is 14.7. The number of hydrogen-bond donors (Lipinski definition) is 2. The first-order valence-electron chi connectivity index (χ1n) is 13.8. The maximum Gasteiger partial charge on any atom is 0.0602 e. The number of aliphatic hydroxyl groups excluding tert-OH is 2. The van der Waals surface area contributed by atoms with Crippen LogP contribution in [-0.2, 0) is 0 Å². The van der Waals surface area contributed by atoms with Gasteiger partial charge in [0.2, 0.25) is 0 Å². The second kappa shape index (κ2) is 6.87. The van der Waals surface area contributed by atoms with E-state index in [2.05, 4.69) is 55.0 Å². The molecule has 2 nitrogen and oxygen atoms in total. The summed E-state index contributed by atoms with van der Waals surface area (Å²) in [5, 5.41) is 22.6. The molecule has 182 valence electrons. The first-order chi connectivity index (χ1) is 14.7. The Morgan fingerprint density at radius 1 is 0.750 bits per heavy atom. The fraction of sp³-hybridized carbons (Fsp3) is 0.933. The number of aliphatic hydroxyl groups is 2. The molecule has 0 aromatic heterocycles. The van der Waals surface area contributed by atoms with Crippen molar-refractivity contribution in [3.63, 3.8) is 0 Å². The molecule has 5 saturated carbocycles. The van der Waals surface area contributed by atoms with Gasteiger partial charge >= 0.3 is 0 Å². The fourth-order valence-electron chi connectivity index (χ4n) is 11.4. The van der Waals surface area contributed by atoms with Gasteiger partial charge in [0.25, 0.3) is 0 Å². The molecule has 0 aromatic rings. The molecule has 5 aliphatic rings. The van der Waals surface area contributed by atoms with Crippen LogP contribution in [0.25, 0.3) is 0 Å². The maximum atomic E-state index is 11.7. The van der Waals surface area contributed by atoms with Gasteiger partial charge in [-0.2, -0.15) is 0 Å². The van der Waals surface area contributed by atoms with Crippen LogP contribution in [0.5, 0.6) is 0 Å². The van der Waals surface area contributed by atoms with E-state index >= 15 is 0 Å². The summed E-state index contributed by atoms with van der Waals surface area (Å²) in [7, 11) is 0. The third-order valence-electron chi connectivity index (χ3n) is 13.7. The van der Waals surface area contributed by atoms with E-state index in [-0.39, 0.29) is 33.9 Å². The van der Waals surface area contributed by atoms with Crippen LogP contribution in [0.2, 0.25) is 0 Å². The Morgan fingerprint density at radius 3 is 2.12 bits per heavy atom. The van der Waals surface area contributed by atoms with E-state index in [1.165, 1.54) is 37.7 Å². The molecule has 5 aliphatic carbocycles. The third kappa shape index (κ3) is 2.61. The minimum atomic E-state index is -0.199. The van der Waals surface area contributed by atoms with E-state index in [0.29, 0.717) is 35.0 Å². The van der Waals surface area contributed by atoms with Gasteiger partial charge in [0, 0.05) is 0 Å². The molecular weight excluding hydrogens is 392 g/mol. The summed E-state index contributed by atoms with van der Waals surface area (Å²) >= 11 is 0. The second-order valence-electron chi connectivity index (χ2n) is 14.7. The van der Waals surface area contributed by atoms with Gasteiger partial charge in [0.1, 0.15) is 0 Å². The Kier molecular flexibility index (Phi) is 5.02. The third-order valence-corrected chi connectivity index (χ3v) is 13.7. The first kappa shape index (κ1) is 23.4. The lowest BCUT2D eigenvalue weighted by Crippen LogP contribution is -2.69. The zero-order chi connectivity index (χ0) is 23.5. The van der Waals surface area contributed by atoms with E-state index < -0.39 is 0 Å². The van der Waals surface area contributed by atoms with E-state index in [9.17, 15) is 10.2 Å². The van der Waals surface area contributed by atoms with Crippen LogP contribution >= 0.6 is 0 Å². The van der Waals surface area contributed by atoms with Crippen molar-refractivity contribution in [1.29, 1.82) is 0 Å². The number of fused-ring (bicyclic) bond motifs is 7. The van der Waals surface area contributed by atoms with Gasteiger partial charge in [-0.05, 0) is 114 Å². The number of hydrogen-bond acceptors (Lipinski definition) is 2. The molecule has 11 atom stereocenters. The molecule has 0 aromatic carbocycles. The van der Waals surface area contributed by atoms with E-state index in [0.717, 1.165) is 25.7 Å². The van der Waals surface area contributed by atoms with Crippen molar-refractivity contribution in [2.24, 2.45) is 56.7 Å².